The van der Waals surface area contributed by atoms with E-state index in [-0.39, 0.29) is 24.3 Å². The van der Waals surface area contributed by atoms with Gasteiger partial charge in [-0.1, -0.05) is 12.1 Å². The van der Waals surface area contributed by atoms with Crippen molar-refractivity contribution < 1.29 is 9.59 Å². The smallest absolute Gasteiger partial charge is 0.238 e. The van der Waals surface area contributed by atoms with E-state index in [4.69, 9.17) is 0 Å². The molecule has 2 aromatic rings. The molecule has 1 aliphatic heterocycles. The molecule has 6 nitrogen and oxygen atoms in total. The summed E-state index contributed by atoms with van der Waals surface area (Å²) in [5, 5.41) is 9.43. The Labute approximate surface area is 138 Å². The molecule has 0 saturated carbocycles. The molecule has 0 aliphatic carbocycles. The molecule has 7 heteroatoms. The van der Waals surface area contributed by atoms with Crippen molar-refractivity contribution in [3.05, 3.63) is 36.5 Å². The molecule has 0 spiro atoms. The van der Waals surface area contributed by atoms with Gasteiger partial charge in [-0.25, -0.2) is 4.68 Å². The van der Waals surface area contributed by atoms with Gasteiger partial charge in [0.2, 0.25) is 11.8 Å². The molecule has 1 aliphatic rings. The van der Waals surface area contributed by atoms with Crippen molar-refractivity contribution in [3.63, 3.8) is 0 Å². The minimum atomic E-state index is -0.430. The number of benzene rings is 1. The highest BCUT2D eigenvalue weighted by Crippen LogP contribution is 2.36. The Kier molecular flexibility index (Phi) is 4.38. The zero-order valence-corrected chi connectivity index (χ0v) is 13.8. The highest BCUT2D eigenvalue weighted by molar-refractivity contribution is 8.01. The normalized spacial score (nSPS) is 16.8. The number of carbonyl (C=O) groups is 2. The molecule has 1 unspecified atom stereocenters. The third-order valence-electron chi connectivity index (χ3n) is 3.50. The van der Waals surface area contributed by atoms with Crippen molar-refractivity contribution in [1.82, 2.24) is 9.78 Å². The van der Waals surface area contributed by atoms with E-state index in [9.17, 15) is 9.59 Å². The first-order chi connectivity index (χ1) is 11.0. The lowest BCUT2D eigenvalue weighted by molar-refractivity contribution is -0.120. The molecule has 1 atom stereocenters. The average molecular weight is 330 g/mol. The Hall–Kier alpha value is -2.28. The lowest BCUT2D eigenvalue weighted by Gasteiger charge is -2.23. The molecule has 0 radical (unpaired) electrons. The van der Waals surface area contributed by atoms with Crippen LogP contribution in [-0.4, -0.2) is 26.8 Å². The molecular formula is C16H18N4O2S. The minimum Gasteiger partial charge on any atom is -0.324 e. The lowest BCUT2D eigenvalue weighted by Crippen LogP contribution is -2.32. The van der Waals surface area contributed by atoms with Crippen LogP contribution >= 0.6 is 11.8 Å². The molecule has 23 heavy (non-hydrogen) atoms. The summed E-state index contributed by atoms with van der Waals surface area (Å²) >= 11 is 1.42. The third-order valence-corrected chi connectivity index (χ3v) is 4.78. The van der Waals surface area contributed by atoms with Gasteiger partial charge in [-0.15, -0.1) is 11.8 Å². The Morgan fingerprint density at radius 3 is 2.96 bits per heavy atom. The molecule has 0 fully saturated rings. The fraction of sp³-hybridized carbons (Fsp3) is 0.312. The van der Waals surface area contributed by atoms with E-state index in [1.165, 1.54) is 11.8 Å². The van der Waals surface area contributed by atoms with E-state index in [1.807, 2.05) is 38.1 Å². The van der Waals surface area contributed by atoms with Crippen LogP contribution in [0.3, 0.4) is 0 Å². The van der Waals surface area contributed by atoms with E-state index in [2.05, 4.69) is 15.7 Å². The van der Waals surface area contributed by atoms with Crippen LogP contribution in [0.4, 0.5) is 11.5 Å². The molecular weight excluding hydrogens is 312 g/mol. The standard InChI is InChI=1S/C16H18N4O2S/c1-10(2)20-14(7-8-17-20)19-15(21)9-13-16(22)18-11-5-3-4-6-12(11)23-13/h3-8,10,13H,9H2,1-2H3,(H,18,22)(H,19,21). The Morgan fingerprint density at radius 2 is 2.17 bits per heavy atom. The maximum Gasteiger partial charge on any atom is 0.238 e. The Balaban J connectivity index is 1.66. The van der Waals surface area contributed by atoms with E-state index < -0.39 is 5.25 Å². The molecule has 0 bridgehead atoms. The first kappa shape index (κ1) is 15.6. The van der Waals surface area contributed by atoms with Gasteiger partial charge in [0, 0.05) is 23.4 Å². The molecule has 1 aromatic heterocycles. The van der Waals surface area contributed by atoms with Crippen LogP contribution in [0, 0.1) is 0 Å². The van der Waals surface area contributed by atoms with Crippen molar-refractivity contribution in [2.75, 3.05) is 10.6 Å². The maximum absolute atomic E-state index is 12.3. The maximum atomic E-state index is 12.3. The molecule has 3 rings (SSSR count). The van der Waals surface area contributed by atoms with E-state index in [0.717, 1.165) is 10.6 Å². The van der Waals surface area contributed by atoms with Gasteiger partial charge >= 0.3 is 0 Å². The molecule has 120 valence electrons. The summed E-state index contributed by atoms with van der Waals surface area (Å²) in [6.07, 6.45) is 1.77. The van der Waals surface area contributed by atoms with Gasteiger partial charge < -0.3 is 10.6 Å². The fourth-order valence-electron chi connectivity index (χ4n) is 2.41. The number of hydrogen-bond acceptors (Lipinski definition) is 4. The van der Waals surface area contributed by atoms with E-state index in [1.54, 1.807) is 16.9 Å². The van der Waals surface area contributed by atoms with Crippen LogP contribution in [0.1, 0.15) is 26.3 Å². The molecule has 0 saturated heterocycles. The number of anilines is 2. The van der Waals surface area contributed by atoms with Crippen molar-refractivity contribution in [2.24, 2.45) is 0 Å². The Morgan fingerprint density at radius 1 is 1.39 bits per heavy atom. The van der Waals surface area contributed by atoms with Crippen LogP contribution in [0.5, 0.6) is 0 Å². The largest absolute Gasteiger partial charge is 0.324 e. The number of para-hydroxylation sites is 1. The number of nitrogens with zero attached hydrogens (tertiary/aromatic N) is 2. The SMILES string of the molecule is CC(C)n1nccc1NC(=O)CC1Sc2ccccc2NC1=O. The average Bonchev–Trinajstić information content (AvgIpc) is 2.96. The number of hydrogen-bond donors (Lipinski definition) is 2. The highest BCUT2D eigenvalue weighted by atomic mass is 32.2. The predicted molar refractivity (Wildman–Crippen MR) is 90.6 cm³/mol. The number of fused-ring (bicyclic) bond motifs is 1. The summed E-state index contributed by atoms with van der Waals surface area (Å²) in [4.78, 5) is 25.4. The highest BCUT2D eigenvalue weighted by Gasteiger charge is 2.29. The van der Waals surface area contributed by atoms with Crippen LogP contribution in [-0.2, 0) is 9.59 Å². The zero-order chi connectivity index (χ0) is 16.4. The lowest BCUT2D eigenvalue weighted by atomic mass is 10.2. The van der Waals surface area contributed by atoms with Gasteiger partial charge in [-0.2, -0.15) is 5.10 Å². The second kappa shape index (κ2) is 6.45. The first-order valence-corrected chi connectivity index (χ1v) is 8.32. The number of aromatic nitrogens is 2. The van der Waals surface area contributed by atoms with E-state index >= 15 is 0 Å². The summed E-state index contributed by atoms with van der Waals surface area (Å²) in [7, 11) is 0. The summed E-state index contributed by atoms with van der Waals surface area (Å²) in [5.41, 5.74) is 0.803. The van der Waals surface area contributed by atoms with Gasteiger partial charge in [0.1, 0.15) is 5.82 Å². The van der Waals surface area contributed by atoms with Crippen molar-refractivity contribution in [3.8, 4) is 0 Å². The number of amides is 2. The van der Waals surface area contributed by atoms with Crippen LogP contribution < -0.4 is 10.6 Å². The van der Waals surface area contributed by atoms with Gasteiger partial charge in [-0.05, 0) is 26.0 Å². The zero-order valence-electron chi connectivity index (χ0n) is 12.9. The third kappa shape index (κ3) is 3.39. The summed E-state index contributed by atoms with van der Waals surface area (Å²) in [6.45, 7) is 3.98. The van der Waals surface area contributed by atoms with Crippen molar-refractivity contribution >= 4 is 35.1 Å². The number of carbonyl (C=O) groups excluding carboxylic acids is 2. The van der Waals surface area contributed by atoms with Crippen LogP contribution in [0.2, 0.25) is 0 Å². The monoisotopic (exact) mass is 330 g/mol. The molecule has 2 amide bonds. The number of rotatable bonds is 4. The van der Waals surface area contributed by atoms with Crippen molar-refractivity contribution in [2.45, 2.75) is 36.5 Å². The Bertz CT molecular complexity index is 741. The topological polar surface area (TPSA) is 76.0 Å². The number of thioether (sulfide) groups is 1. The van der Waals surface area contributed by atoms with Gasteiger partial charge in [0.05, 0.1) is 17.1 Å². The van der Waals surface area contributed by atoms with Crippen molar-refractivity contribution in [1.29, 1.82) is 0 Å². The van der Waals surface area contributed by atoms with Crippen LogP contribution in [0.15, 0.2) is 41.4 Å². The van der Waals surface area contributed by atoms with Gasteiger partial charge in [0.25, 0.3) is 0 Å². The summed E-state index contributed by atoms with van der Waals surface area (Å²) < 4.78 is 1.74. The minimum absolute atomic E-state index is 0.119. The molecule has 2 N–H and O–H groups in total. The van der Waals surface area contributed by atoms with E-state index in [0.29, 0.717) is 5.82 Å². The van der Waals surface area contributed by atoms with Crippen LogP contribution in [0.25, 0.3) is 0 Å². The summed E-state index contributed by atoms with van der Waals surface area (Å²) in [6, 6.07) is 9.50. The predicted octanol–water partition coefficient (Wildman–Crippen LogP) is 2.91. The number of nitrogens with one attached hydrogen (secondary N) is 2. The fourth-order valence-corrected chi connectivity index (χ4v) is 3.52. The summed E-state index contributed by atoms with van der Waals surface area (Å²) in [5.74, 6) is 0.312. The first-order valence-electron chi connectivity index (χ1n) is 7.44. The molecule has 2 heterocycles. The second-order valence-electron chi connectivity index (χ2n) is 5.60. The molecule has 1 aromatic carbocycles. The van der Waals surface area contributed by atoms with Gasteiger partial charge in [-0.3, -0.25) is 9.59 Å². The second-order valence-corrected chi connectivity index (χ2v) is 6.84. The quantitative estimate of drug-likeness (QED) is 0.904. The van der Waals surface area contributed by atoms with Gasteiger partial charge in [0.15, 0.2) is 0 Å².